The Kier molecular flexibility index (Phi) is 11.8. The summed E-state index contributed by atoms with van der Waals surface area (Å²) < 4.78 is 35.4. The molecule has 10 rings (SSSR count). The molecule has 2 aromatic carbocycles. The molecule has 14 heteroatoms. The van der Waals surface area contributed by atoms with Crippen molar-refractivity contribution in [1.29, 1.82) is 0 Å². The Morgan fingerprint density at radius 3 is 1.34 bits per heavy atom. The first-order valence-corrected chi connectivity index (χ1v) is 21.7. The van der Waals surface area contributed by atoms with E-state index < -0.39 is 0 Å². The SMILES string of the molecule is Cc1cn(-c2ccc(/C=C/c3nc4n(n3)CCC[C@@H]4c3ccc(F)c(C)c3)nc2C)cn1.Cc1cn(-c2ccc(/C=C/c3nc4n(n3)CCC[C@H]4c3ccc(F)c(C)c3)nc2C)cn1. The second-order valence-electron chi connectivity index (χ2n) is 16.7. The second-order valence-corrected chi connectivity index (χ2v) is 16.7. The average molecular weight is 857 g/mol. The van der Waals surface area contributed by atoms with E-state index in [0.29, 0.717) is 22.8 Å². The summed E-state index contributed by atoms with van der Waals surface area (Å²) in [5.41, 5.74) is 11.0. The molecule has 8 heterocycles. The molecule has 2 atom stereocenters. The second kappa shape index (κ2) is 17.9. The van der Waals surface area contributed by atoms with Crippen LogP contribution in [0, 0.1) is 53.2 Å². The fourth-order valence-corrected chi connectivity index (χ4v) is 8.58. The van der Waals surface area contributed by atoms with Crippen molar-refractivity contribution in [2.45, 2.75) is 92.2 Å². The number of hydrogen-bond acceptors (Lipinski definition) is 8. The van der Waals surface area contributed by atoms with Gasteiger partial charge in [0.05, 0.1) is 58.2 Å². The standard InChI is InChI=1S/2C25H25FN6/c2*1-16-13-19(6-9-22(16)26)21-5-4-12-32-25(21)29-24(30-32)11-8-20-7-10-23(18(3)28-20)31-14-17(2)27-15-31/h2*6-11,13-15,21H,4-5,12H2,1-3H3/b2*11-8+/t2*21-/m10/s1. The number of fused-ring (bicyclic) bond motifs is 2. The maximum atomic E-state index is 13.7. The van der Waals surface area contributed by atoms with Gasteiger partial charge >= 0.3 is 0 Å². The van der Waals surface area contributed by atoms with Crippen LogP contribution in [0.3, 0.4) is 0 Å². The van der Waals surface area contributed by atoms with Gasteiger partial charge in [-0.1, -0.05) is 24.3 Å². The summed E-state index contributed by atoms with van der Waals surface area (Å²) in [6, 6.07) is 18.7. The van der Waals surface area contributed by atoms with Gasteiger partial charge in [0.1, 0.15) is 23.3 Å². The van der Waals surface area contributed by atoms with E-state index in [0.717, 1.165) is 107 Å². The Morgan fingerprint density at radius 2 is 0.969 bits per heavy atom. The number of imidazole rings is 2. The lowest BCUT2D eigenvalue weighted by Gasteiger charge is -2.22. The van der Waals surface area contributed by atoms with Gasteiger partial charge < -0.3 is 9.13 Å². The monoisotopic (exact) mass is 856 g/mol. The van der Waals surface area contributed by atoms with Crippen LogP contribution in [0.4, 0.5) is 8.78 Å². The average Bonchev–Trinajstić information content (AvgIpc) is 4.11. The molecule has 0 saturated carbocycles. The zero-order valence-electron chi connectivity index (χ0n) is 36.9. The van der Waals surface area contributed by atoms with Crippen LogP contribution in [-0.4, -0.2) is 58.6 Å². The molecule has 12 nitrogen and oxygen atoms in total. The van der Waals surface area contributed by atoms with Crippen LogP contribution in [0.15, 0.2) is 85.7 Å². The molecule has 0 bridgehead atoms. The molecule has 0 spiro atoms. The maximum absolute atomic E-state index is 13.7. The summed E-state index contributed by atoms with van der Waals surface area (Å²) >= 11 is 0. The largest absolute Gasteiger partial charge is 0.304 e. The first kappa shape index (κ1) is 42.1. The molecule has 0 aliphatic carbocycles. The van der Waals surface area contributed by atoms with E-state index in [1.54, 1.807) is 38.6 Å². The van der Waals surface area contributed by atoms with Gasteiger partial charge in [-0.15, -0.1) is 0 Å². The van der Waals surface area contributed by atoms with E-state index in [-0.39, 0.29) is 23.5 Å². The van der Waals surface area contributed by atoms with Crippen LogP contribution in [0.1, 0.15) is 117 Å². The van der Waals surface area contributed by atoms with Crippen LogP contribution < -0.4 is 0 Å². The molecule has 0 radical (unpaired) electrons. The molecule has 2 aliphatic rings. The highest BCUT2D eigenvalue weighted by molar-refractivity contribution is 5.66. The smallest absolute Gasteiger partial charge is 0.174 e. The first-order valence-electron chi connectivity index (χ1n) is 21.7. The molecule has 0 fully saturated rings. The molecule has 6 aromatic heterocycles. The van der Waals surface area contributed by atoms with Gasteiger partial charge in [-0.2, -0.15) is 10.2 Å². The topological polar surface area (TPSA) is 123 Å². The summed E-state index contributed by atoms with van der Waals surface area (Å²) in [7, 11) is 0. The molecule has 8 aromatic rings. The summed E-state index contributed by atoms with van der Waals surface area (Å²) in [5.74, 6) is 3.14. The van der Waals surface area contributed by atoms with Crippen LogP contribution in [0.25, 0.3) is 35.7 Å². The van der Waals surface area contributed by atoms with Crippen molar-refractivity contribution in [1.82, 2.24) is 58.6 Å². The van der Waals surface area contributed by atoms with Crippen LogP contribution in [0.5, 0.6) is 0 Å². The number of pyridine rings is 2. The molecule has 0 unspecified atom stereocenters. The van der Waals surface area contributed by atoms with E-state index in [1.165, 1.54) is 0 Å². The van der Waals surface area contributed by atoms with Gasteiger partial charge in [0.25, 0.3) is 0 Å². The van der Waals surface area contributed by atoms with E-state index in [2.05, 4.69) is 20.2 Å². The zero-order chi connectivity index (χ0) is 44.5. The van der Waals surface area contributed by atoms with Crippen LogP contribution >= 0.6 is 0 Å². The Hall–Kier alpha value is -7.22. The summed E-state index contributed by atoms with van der Waals surface area (Å²) in [4.78, 5) is 27.6. The van der Waals surface area contributed by atoms with Crippen molar-refractivity contribution >= 4 is 24.3 Å². The fourth-order valence-electron chi connectivity index (χ4n) is 8.58. The van der Waals surface area contributed by atoms with Gasteiger partial charge in [0, 0.05) is 37.3 Å². The van der Waals surface area contributed by atoms with Crippen molar-refractivity contribution in [2.75, 3.05) is 0 Å². The molecule has 0 saturated heterocycles. The van der Waals surface area contributed by atoms with Gasteiger partial charge in [-0.25, -0.2) is 38.1 Å². The lowest BCUT2D eigenvalue weighted by Crippen LogP contribution is -2.18. The minimum Gasteiger partial charge on any atom is -0.304 e. The number of rotatable bonds is 8. The van der Waals surface area contributed by atoms with Gasteiger partial charge in [-0.05, 0) is 150 Å². The molecular weight excluding hydrogens is 807 g/mol. The minimum atomic E-state index is -0.174. The predicted molar refractivity (Wildman–Crippen MR) is 244 cm³/mol. The van der Waals surface area contributed by atoms with E-state index in [9.17, 15) is 8.78 Å². The maximum Gasteiger partial charge on any atom is 0.174 e. The number of aryl methyl sites for hydroxylation is 8. The number of benzene rings is 2. The Labute approximate surface area is 371 Å². The molecule has 64 heavy (non-hydrogen) atoms. The molecule has 0 N–H and O–H groups in total. The highest BCUT2D eigenvalue weighted by atomic mass is 19.1. The van der Waals surface area contributed by atoms with Crippen molar-refractivity contribution < 1.29 is 8.78 Å². The molecule has 324 valence electrons. The summed E-state index contributed by atoms with van der Waals surface area (Å²) in [5, 5.41) is 9.35. The Bertz CT molecular complexity index is 2840. The number of aromatic nitrogens is 12. The quantitative estimate of drug-likeness (QED) is 0.148. The third kappa shape index (κ3) is 8.99. The third-order valence-electron chi connectivity index (χ3n) is 11.9. The predicted octanol–water partition coefficient (Wildman–Crippen LogP) is 10.0. The summed E-state index contributed by atoms with van der Waals surface area (Å²) in [6.45, 7) is 13.2. The highest BCUT2D eigenvalue weighted by Crippen LogP contribution is 2.34. The van der Waals surface area contributed by atoms with Crippen molar-refractivity contribution in [3.63, 3.8) is 0 Å². The van der Waals surface area contributed by atoms with E-state index in [1.807, 2.05) is 131 Å². The first-order chi connectivity index (χ1) is 30.9. The Balaban J connectivity index is 0.000000162. The van der Waals surface area contributed by atoms with Crippen molar-refractivity contribution in [2.24, 2.45) is 0 Å². The molecular formula is C50H50F2N12. The summed E-state index contributed by atoms with van der Waals surface area (Å²) in [6.07, 6.45) is 19.3. The van der Waals surface area contributed by atoms with E-state index >= 15 is 0 Å². The number of hydrogen-bond donors (Lipinski definition) is 0. The molecule has 2 aliphatic heterocycles. The van der Waals surface area contributed by atoms with Crippen molar-refractivity contribution in [3.05, 3.63) is 177 Å². The third-order valence-corrected chi connectivity index (χ3v) is 11.9. The zero-order valence-corrected chi connectivity index (χ0v) is 36.9. The van der Waals surface area contributed by atoms with Gasteiger partial charge in [0.15, 0.2) is 11.6 Å². The fraction of sp³-hybridized carbons (Fsp3) is 0.280. The minimum absolute atomic E-state index is 0.135. The lowest BCUT2D eigenvalue weighted by molar-refractivity contribution is 0.445. The highest BCUT2D eigenvalue weighted by Gasteiger charge is 2.27. The van der Waals surface area contributed by atoms with E-state index in [4.69, 9.17) is 19.9 Å². The number of halogens is 2. The Morgan fingerprint density at radius 1 is 0.531 bits per heavy atom. The molecule has 0 amide bonds. The lowest BCUT2D eigenvalue weighted by atomic mass is 9.90. The number of nitrogens with zero attached hydrogens (tertiary/aromatic N) is 12. The van der Waals surface area contributed by atoms with Gasteiger partial charge in [-0.3, -0.25) is 9.97 Å². The van der Waals surface area contributed by atoms with Gasteiger partial charge in [0.2, 0.25) is 0 Å². The normalized spacial score (nSPS) is 15.9. The van der Waals surface area contributed by atoms with Crippen LogP contribution in [-0.2, 0) is 13.1 Å². The van der Waals surface area contributed by atoms with Crippen molar-refractivity contribution in [3.8, 4) is 11.4 Å². The van der Waals surface area contributed by atoms with Crippen LogP contribution in [0.2, 0.25) is 0 Å².